The maximum atomic E-state index is 12.8. The van der Waals surface area contributed by atoms with Crippen molar-refractivity contribution in [1.82, 2.24) is 15.3 Å². The summed E-state index contributed by atoms with van der Waals surface area (Å²) in [5.41, 5.74) is 1.07. The minimum absolute atomic E-state index is 0.0224. The number of nitrogens with one attached hydrogen (secondary N) is 1. The van der Waals surface area contributed by atoms with Gasteiger partial charge in [0.15, 0.2) is 0 Å². The van der Waals surface area contributed by atoms with Gasteiger partial charge >= 0.3 is 0 Å². The Morgan fingerprint density at radius 2 is 2.16 bits per heavy atom. The van der Waals surface area contributed by atoms with E-state index in [0.29, 0.717) is 13.2 Å². The molecule has 0 saturated carbocycles. The van der Waals surface area contributed by atoms with Crippen LogP contribution in [-0.4, -0.2) is 35.6 Å². The Morgan fingerprint density at radius 1 is 1.24 bits per heavy atom. The number of amides is 1. The van der Waals surface area contributed by atoms with Crippen LogP contribution >= 0.6 is 0 Å². The van der Waals surface area contributed by atoms with Crippen LogP contribution < -0.4 is 15.0 Å². The molecule has 1 aromatic heterocycles. The highest BCUT2D eigenvalue weighted by molar-refractivity contribution is 5.80. The number of piperidine rings is 1. The van der Waals surface area contributed by atoms with Crippen molar-refractivity contribution in [2.45, 2.75) is 25.3 Å². The van der Waals surface area contributed by atoms with E-state index in [2.05, 4.69) is 20.2 Å². The maximum Gasteiger partial charge on any atom is 0.225 e. The van der Waals surface area contributed by atoms with Crippen molar-refractivity contribution in [1.29, 1.82) is 0 Å². The van der Waals surface area contributed by atoms with E-state index in [1.807, 2.05) is 24.3 Å². The number of anilines is 1. The second-order valence-electron chi connectivity index (χ2n) is 6.58. The van der Waals surface area contributed by atoms with Crippen molar-refractivity contribution in [2.24, 2.45) is 5.92 Å². The molecule has 0 bridgehead atoms. The van der Waals surface area contributed by atoms with E-state index in [1.54, 1.807) is 18.6 Å². The van der Waals surface area contributed by atoms with E-state index in [-0.39, 0.29) is 17.9 Å². The van der Waals surface area contributed by atoms with Gasteiger partial charge < -0.3 is 15.0 Å². The monoisotopic (exact) mass is 338 g/mol. The lowest BCUT2D eigenvalue weighted by Crippen LogP contribution is -2.44. The smallest absolute Gasteiger partial charge is 0.225 e. The van der Waals surface area contributed by atoms with E-state index in [0.717, 1.165) is 42.9 Å². The van der Waals surface area contributed by atoms with Crippen molar-refractivity contribution in [3.05, 3.63) is 48.4 Å². The van der Waals surface area contributed by atoms with Crippen molar-refractivity contribution < 1.29 is 9.53 Å². The van der Waals surface area contributed by atoms with Crippen LogP contribution in [0.1, 0.15) is 30.9 Å². The van der Waals surface area contributed by atoms with Gasteiger partial charge in [-0.1, -0.05) is 18.2 Å². The molecule has 6 nitrogen and oxygen atoms in total. The molecular formula is C19H22N4O2. The van der Waals surface area contributed by atoms with Gasteiger partial charge in [-0.15, -0.1) is 0 Å². The van der Waals surface area contributed by atoms with Gasteiger partial charge in [0.2, 0.25) is 5.91 Å². The molecule has 0 spiro atoms. The molecule has 0 radical (unpaired) electrons. The Kier molecular flexibility index (Phi) is 4.50. The van der Waals surface area contributed by atoms with Crippen LogP contribution in [0.2, 0.25) is 0 Å². The summed E-state index contributed by atoms with van der Waals surface area (Å²) >= 11 is 0. The number of carbonyl (C=O) groups is 1. The van der Waals surface area contributed by atoms with E-state index in [9.17, 15) is 4.79 Å². The number of rotatable bonds is 3. The molecule has 1 aromatic carbocycles. The lowest BCUT2D eigenvalue weighted by molar-refractivity contribution is -0.126. The molecule has 130 valence electrons. The van der Waals surface area contributed by atoms with Crippen LogP contribution in [0.3, 0.4) is 0 Å². The molecule has 2 aromatic rings. The first kappa shape index (κ1) is 15.9. The Labute approximate surface area is 147 Å². The standard InChI is InChI=1S/C19H22N4O2/c24-19(22-16-7-11-25-17-6-2-1-5-15(16)17)14-4-3-10-23(13-14)18-12-20-8-9-21-18/h1-2,5-6,8-9,12,14,16H,3-4,7,10-11,13H2,(H,22,24). The van der Waals surface area contributed by atoms with Crippen molar-refractivity contribution in [3.8, 4) is 5.75 Å². The summed E-state index contributed by atoms with van der Waals surface area (Å²) in [5, 5.41) is 3.24. The van der Waals surface area contributed by atoms with Crippen LogP contribution in [-0.2, 0) is 4.79 Å². The molecule has 1 fully saturated rings. The highest BCUT2D eigenvalue weighted by atomic mass is 16.5. The zero-order chi connectivity index (χ0) is 17.1. The molecule has 2 aliphatic heterocycles. The lowest BCUT2D eigenvalue weighted by atomic mass is 9.95. The Bertz CT molecular complexity index is 737. The lowest BCUT2D eigenvalue weighted by Gasteiger charge is -2.34. The van der Waals surface area contributed by atoms with Gasteiger partial charge in [0.05, 0.1) is 24.8 Å². The van der Waals surface area contributed by atoms with E-state index < -0.39 is 0 Å². The highest BCUT2D eigenvalue weighted by Crippen LogP contribution is 2.32. The summed E-state index contributed by atoms with van der Waals surface area (Å²) in [7, 11) is 0. The third-order valence-corrected chi connectivity index (χ3v) is 4.94. The third-order valence-electron chi connectivity index (χ3n) is 4.94. The summed E-state index contributed by atoms with van der Waals surface area (Å²) in [6.07, 6.45) is 7.82. The number of benzene rings is 1. The molecule has 6 heteroatoms. The number of fused-ring (bicyclic) bond motifs is 1. The average molecular weight is 338 g/mol. The summed E-state index contributed by atoms with van der Waals surface area (Å²) in [4.78, 5) is 23.5. The van der Waals surface area contributed by atoms with Crippen LogP contribution in [0.5, 0.6) is 5.75 Å². The number of hydrogen-bond acceptors (Lipinski definition) is 5. The number of para-hydroxylation sites is 1. The number of ether oxygens (including phenoxy) is 1. The second kappa shape index (κ2) is 7.09. The van der Waals surface area contributed by atoms with Gasteiger partial charge in [-0.05, 0) is 18.9 Å². The van der Waals surface area contributed by atoms with E-state index >= 15 is 0 Å². The zero-order valence-corrected chi connectivity index (χ0v) is 14.1. The fourth-order valence-corrected chi connectivity index (χ4v) is 3.64. The summed E-state index contributed by atoms with van der Waals surface area (Å²) in [6.45, 7) is 2.25. The van der Waals surface area contributed by atoms with Gasteiger partial charge in [-0.2, -0.15) is 0 Å². The fraction of sp³-hybridized carbons (Fsp3) is 0.421. The third kappa shape index (κ3) is 3.43. The van der Waals surface area contributed by atoms with Crippen LogP contribution in [0.15, 0.2) is 42.9 Å². The normalized spacial score (nSPS) is 22.6. The van der Waals surface area contributed by atoms with Crippen molar-refractivity contribution in [2.75, 3.05) is 24.6 Å². The summed E-state index contributed by atoms with van der Waals surface area (Å²) in [6, 6.07) is 7.98. The first-order chi connectivity index (χ1) is 12.3. The van der Waals surface area contributed by atoms with E-state index in [1.165, 1.54) is 0 Å². The molecule has 1 saturated heterocycles. The molecule has 3 heterocycles. The van der Waals surface area contributed by atoms with Crippen LogP contribution in [0.25, 0.3) is 0 Å². The van der Waals surface area contributed by atoms with Gasteiger partial charge in [0.1, 0.15) is 11.6 Å². The van der Waals surface area contributed by atoms with Crippen LogP contribution in [0, 0.1) is 5.92 Å². The minimum Gasteiger partial charge on any atom is -0.493 e. The van der Waals surface area contributed by atoms with Crippen molar-refractivity contribution >= 4 is 11.7 Å². The Morgan fingerprint density at radius 3 is 3.04 bits per heavy atom. The molecule has 25 heavy (non-hydrogen) atoms. The topological polar surface area (TPSA) is 67.3 Å². The quantitative estimate of drug-likeness (QED) is 0.930. The molecule has 2 aliphatic rings. The first-order valence-corrected chi connectivity index (χ1v) is 8.84. The molecule has 1 amide bonds. The molecule has 4 rings (SSSR count). The predicted molar refractivity (Wildman–Crippen MR) is 94.4 cm³/mol. The van der Waals surface area contributed by atoms with Gasteiger partial charge in [-0.25, -0.2) is 4.98 Å². The second-order valence-corrected chi connectivity index (χ2v) is 6.58. The fourth-order valence-electron chi connectivity index (χ4n) is 3.64. The van der Waals surface area contributed by atoms with Gasteiger partial charge in [0, 0.05) is 37.5 Å². The molecule has 0 aliphatic carbocycles. The molecule has 1 N–H and O–H groups in total. The van der Waals surface area contributed by atoms with E-state index in [4.69, 9.17) is 4.74 Å². The number of nitrogens with zero attached hydrogens (tertiary/aromatic N) is 3. The average Bonchev–Trinajstić information content (AvgIpc) is 2.69. The number of hydrogen-bond donors (Lipinski definition) is 1. The zero-order valence-electron chi connectivity index (χ0n) is 14.1. The minimum atomic E-state index is -0.0224. The molecule has 2 unspecified atom stereocenters. The SMILES string of the molecule is O=C(NC1CCOc2ccccc21)C1CCCN(c2cnccn2)C1. The highest BCUT2D eigenvalue weighted by Gasteiger charge is 2.30. The van der Waals surface area contributed by atoms with Gasteiger partial charge in [0.25, 0.3) is 0 Å². The van der Waals surface area contributed by atoms with Gasteiger partial charge in [-0.3, -0.25) is 9.78 Å². The molecular weight excluding hydrogens is 316 g/mol. The van der Waals surface area contributed by atoms with Crippen molar-refractivity contribution in [3.63, 3.8) is 0 Å². The number of carbonyl (C=O) groups excluding carboxylic acids is 1. The Hall–Kier alpha value is -2.63. The number of aromatic nitrogens is 2. The summed E-state index contributed by atoms with van der Waals surface area (Å²) < 4.78 is 5.68. The predicted octanol–water partition coefficient (Wildman–Crippen LogP) is 2.33. The molecule has 2 atom stereocenters. The summed E-state index contributed by atoms with van der Waals surface area (Å²) in [5.74, 6) is 1.82. The largest absolute Gasteiger partial charge is 0.493 e. The first-order valence-electron chi connectivity index (χ1n) is 8.84. The van der Waals surface area contributed by atoms with Crippen LogP contribution in [0.4, 0.5) is 5.82 Å². The Balaban J connectivity index is 1.43. The maximum absolute atomic E-state index is 12.8.